The van der Waals surface area contributed by atoms with E-state index >= 15 is 0 Å². The van der Waals surface area contributed by atoms with Crippen LogP contribution in [0.3, 0.4) is 0 Å². The molecule has 3 N–H and O–H groups in total. The molecule has 9 nitrogen and oxygen atoms in total. The summed E-state index contributed by atoms with van der Waals surface area (Å²) in [4.78, 5) is 50.8. The number of amides is 3. The maximum absolute atomic E-state index is 13.2. The molecular formula is C22H33N5O4. The minimum Gasteiger partial charge on any atom is -0.344 e. The summed E-state index contributed by atoms with van der Waals surface area (Å²) in [5.74, 6) is -1.79. The Morgan fingerprint density at radius 3 is 2.32 bits per heavy atom. The fourth-order valence-electron chi connectivity index (χ4n) is 4.57. The van der Waals surface area contributed by atoms with Crippen LogP contribution in [0.25, 0.3) is 0 Å². The van der Waals surface area contributed by atoms with Crippen molar-refractivity contribution in [2.75, 3.05) is 5.32 Å². The Morgan fingerprint density at radius 2 is 1.81 bits per heavy atom. The lowest BCUT2D eigenvalue weighted by molar-refractivity contribution is -0.144. The van der Waals surface area contributed by atoms with E-state index in [4.69, 9.17) is 0 Å². The van der Waals surface area contributed by atoms with Crippen molar-refractivity contribution < 1.29 is 19.2 Å². The van der Waals surface area contributed by atoms with Crippen LogP contribution in [-0.4, -0.2) is 44.9 Å². The molecule has 1 aromatic heterocycles. The third-order valence-corrected chi connectivity index (χ3v) is 6.65. The summed E-state index contributed by atoms with van der Waals surface area (Å²) in [5.41, 5.74) is -1.24. The van der Waals surface area contributed by atoms with Crippen molar-refractivity contribution in [3.05, 3.63) is 12.3 Å². The quantitative estimate of drug-likeness (QED) is 0.515. The molecule has 1 heterocycles. The van der Waals surface area contributed by atoms with Crippen molar-refractivity contribution in [3.8, 4) is 0 Å². The minimum atomic E-state index is -1.22. The molecule has 0 unspecified atom stereocenters. The summed E-state index contributed by atoms with van der Waals surface area (Å²) < 4.78 is 1.52. The van der Waals surface area contributed by atoms with Crippen LogP contribution >= 0.6 is 0 Å². The number of Topliss-reactive ketones (excluding diaryl/α,β-unsaturated/α-hetero) is 1. The average Bonchev–Trinajstić information content (AvgIpc) is 3.31. The molecule has 0 spiro atoms. The third kappa shape index (κ3) is 5.32. The van der Waals surface area contributed by atoms with Crippen LogP contribution in [-0.2, 0) is 26.2 Å². The number of nitrogens with zero attached hydrogens (tertiary/aromatic N) is 2. The predicted octanol–water partition coefficient (Wildman–Crippen LogP) is 1.83. The topological polar surface area (TPSA) is 122 Å². The van der Waals surface area contributed by atoms with Crippen molar-refractivity contribution in [3.63, 3.8) is 0 Å². The smallest absolute Gasteiger partial charge is 0.295 e. The molecule has 1 aromatic rings. The number of aryl methyl sites for hydroxylation is 1. The standard InChI is InChI=1S/C22H33N5O4/c1-4-17(28)23-15(14-21(2)9-5-6-10-21)19(30)25-22(11-7-12-22)18(29)20(31)24-16-8-13-27(3)26-16/h8,13,15H,4-7,9-12,14H2,1-3H3,(H,23,28)(H,25,30)(H,24,26,31)/t15-/m0/s1. The van der Waals surface area contributed by atoms with E-state index in [1.165, 1.54) is 4.68 Å². The molecule has 170 valence electrons. The number of aromatic nitrogens is 2. The van der Waals surface area contributed by atoms with E-state index < -0.39 is 29.2 Å². The van der Waals surface area contributed by atoms with E-state index in [0.717, 1.165) is 32.1 Å². The number of anilines is 1. The number of nitrogens with one attached hydrogen (secondary N) is 3. The van der Waals surface area contributed by atoms with Gasteiger partial charge < -0.3 is 16.0 Å². The third-order valence-electron chi connectivity index (χ3n) is 6.65. The van der Waals surface area contributed by atoms with E-state index in [9.17, 15) is 19.2 Å². The maximum Gasteiger partial charge on any atom is 0.295 e. The fraction of sp³-hybridized carbons (Fsp3) is 0.682. The van der Waals surface area contributed by atoms with Crippen molar-refractivity contribution in [1.82, 2.24) is 20.4 Å². The molecule has 3 amide bonds. The number of hydrogen-bond acceptors (Lipinski definition) is 5. The minimum absolute atomic E-state index is 0.0177. The van der Waals surface area contributed by atoms with Gasteiger partial charge in [-0.3, -0.25) is 23.9 Å². The van der Waals surface area contributed by atoms with Gasteiger partial charge in [-0.2, -0.15) is 5.10 Å². The largest absolute Gasteiger partial charge is 0.344 e. The first-order valence-electron chi connectivity index (χ1n) is 11.1. The Morgan fingerprint density at radius 1 is 1.13 bits per heavy atom. The molecule has 0 radical (unpaired) electrons. The number of hydrogen-bond donors (Lipinski definition) is 3. The highest BCUT2D eigenvalue weighted by molar-refractivity contribution is 6.44. The van der Waals surface area contributed by atoms with Crippen LogP contribution in [0.1, 0.15) is 71.6 Å². The lowest BCUT2D eigenvalue weighted by atomic mass is 9.72. The first kappa shape index (κ1) is 23.0. The van der Waals surface area contributed by atoms with Crippen LogP contribution in [0.5, 0.6) is 0 Å². The van der Waals surface area contributed by atoms with Crippen molar-refractivity contribution in [2.45, 2.75) is 83.2 Å². The monoisotopic (exact) mass is 431 g/mol. The highest BCUT2D eigenvalue weighted by Crippen LogP contribution is 2.41. The Labute approximate surface area is 182 Å². The summed E-state index contributed by atoms with van der Waals surface area (Å²) >= 11 is 0. The van der Waals surface area contributed by atoms with Gasteiger partial charge in [-0.1, -0.05) is 26.7 Å². The Kier molecular flexibility index (Phi) is 6.81. The molecule has 2 saturated carbocycles. The summed E-state index contributed by atoms with van der Waals surface area (Å²) in [7, 11) is 1.71. The molecule has 1 atom stereocenters. The number of carbonyl (C=O) groups excluding carboxylic acids is 4. The maximum atomic E-state index is 13.2. The number of rotatable bonds is 9. The van der Waals surface area contributed by atoms with Crippen molar-refractivity contribution in [1.29, 1.82) is 0 Å². The van der Waals surface area contributed by atoms with Crippen molar-refractivity contribution in [2.24, 2.45) is 12.5 Å². The van der Waals surface area contributed by atoms with Gasteiger partial charge in [0.2, 0.25) is 17.6 Å². The fourth-order valence-corrected chi connectivity index (χ4v) is 4.57. The molecule has 0 saturated heterocycles. The van der Waals surface area contributed by atoms with E-state index in [0.29, 0.717) is 19.3 Å². The molecule has 3 rings (SSSR count). The summed E-state index contributed by atoms with van der Waals surface area (Å²) in [6.07, 6.45) is 8.25. The number of carbonyl (C=O) groups is 4. The van der Waals surface area contributed by atoms with E-state index in [2.05, 4.69) is 28.0 Å². The SMILES string of the molecule is CCC(=O)N[C@@H](CC1(C)CCCC1)C(=O)NC1(C(=O)C(=O)Nc2ccn(C)n2)CCC1. The van der Waals surface area contributed by atoms with E-state index in [1.54, 1.807) is 26.2 Å². The van der Waals surface area contributed by atoms with Crippen LogP contribution in [0.4, 0.5) is 5.82 Å². The van der Waals surface area contributed by atoms with Crippen LogP contribution in [0.15, 0.2) is 12.3 Å². The Bertz CT molecular complexity index is 852. The molecule has 0 aliphatic heterocycles. The van der Waals surface area contributed by atoms with Gasteiger partial charge in [0, 0.05) is 25.7 Å². The van der Waals surface area contributed by atoms with Gasteiger partial charge in [0.25, 0.3) is 5.91 Å². The first-order valence-corrected chi connectivity index (χ1v) is 11.1. The van der Waals surface area contributed by atoms with Crippen molar-refractivity contribution >= 4 is 29.3 Å². The van der Waals surface area contributed by atoms with Gasteiger partial charge in [0.15, 0.2) is 5.82 Å². The molecule has 0 aromatic carbocycles. The summed E-state index contributed by atoms with van der Waals surface area (Å²) in [5, 5.41) is 12.2. The average molecular weight is 432 g/mol. The second-order valence-corrected chi connectivity index (χ2v) is 9.28. The molecule has 0 bridgehead atoms. The molecule has 31 heavy (non-hydrogen) atoms. The zero-order valence-electron chi connectivity index (χ0n) is 18.6. The van der Waals surface area contributed by atoms with Crippen LogP contribution < -0.4 is 16.0 Å². The second-order valence-electron chi connectivity index (χ2n) is 9.28. The van der Waals surface area contributed by atoms with Gasteiger partial charge in [-0.25, -0.2) is 0 Å². The molecular weight excluding hydrogens is 398 g/mol. The van der Waals surface area contributed by atoms with Gasteiger partial charge in [0.1, 0.15) is 11.6 Å². The van der Waals surface area contributed by atoms with E-state index in [1.807, 2.05) is 0 Å². The van der Waals surface area contributed by atoms with Crippen LogP contribution in [0, 0.1) is 5.41 Å². The second kappa shape index (κ2) is 9.20. The van der Waals surface area contributed by atoms with E-state index in [-0.39, 0.29) is 23.6 Å². The molecule has 2 aliphatic carbocycles. The highest BCUT2D eigenvalue weighted by Gasteiger charge is 2.49. The van der Waals surface area contributed by atoms with Crippen LogP contribution in [0.2, 0.25) is 0 Å². The summed E-state index contributed by atoms with van der Waals surface area (Å²) in [6.45, 7) is 3.88. The van der Waals surface area contributed by atoms with Gasteiger partial charge in [-0.05, 0) is 43.9 Å². The highest BCUT2D eigenvalue weighted by atomic mass is 16.2. The summed E-state index contributed by atoms with van der Waals surface area (Å²) in [6, 6.07) is 0.871. The zero-order chi connectivity index (χ0) is 22.6. The van der Waals surface area contributed by atoms with Gasteiger partial charge in [-0.15, -0.1) is 0 Å². The molecule has 9 heteroatoms. The predicted molar refractivity (Wildman–Crippen MR) is 115 cm³/mol. The van der Waals surface area contributed by atoms with Gasteiger partial charge in [0.05, 0.1) is 0 Å². The molecule has 2 fully saturated rings. The molecule has 2 aliphatic rings. The normalized spacial score (nSPS) is 19.7. The van der Waals surface area contributed by atoms with Gasteiger partial charge >= 0.3 is 0 Å². The Balaban J connectivity index is 1.70. The lowest BCUT2D eigenvalue weighted by Gasteiger charge is -2.41. The first-order chi connectivity index (χ1) is 14.7. The Hall–Kier alpha value is -2.71. The lowest BCUT2D eigenvalue weighted by Crippen LogP contribution is -2.65. The number of ketones is 1. The zero-order valence-corrected chi connectivity index (χ0v) is 18.6.